The summed E-state index contributed by atoms with van der Waals surface area (Å²) in [5.74, 6) is 1.14. The van der Waals surface area contributed by atoms with E-state index in [0.717, 1.165) is 62.9 Å². The first kappa shape index (κ1) is 51.2. The van der Waals surface area contributed by atoms with Crippen LogP contribution >= 0.6 is 31.3 Å². The number of esters is 2. The van der Waals surface area contributed by atoms with Crippen LogP contribution in [0, 0.1) is 0 Å². The highest BCUT2D eigenvalue weighted by Crippen LogP contribution is 2.43. The fraction of sp³-hybridized carbons (Fsp3) is 0.850. The van der Waals surface area contributed by atoms with E-state index in [1.165, 1.54) is 101 Å². The van der Waals surface area contributed by atoms with Crippen LogP contribution < -0.4 is 0 Å². The van der Waals surface area contributed by atoms with E-state index in [4.69, 9.17) is 18.5 Å². The number of nitrogens with zero attached hydrogens (tertiary/aromatic N) is 1. The molecule has 0 heterocycles. The Morgan fingerprint density at radius 3 is 1.54 bits per heavy atom. The second kappa shape index (κ2) is 35.9. The second-order valence-corrected chi connectivity index (χ2v) is 18.2. The van der Waals surface area contributed by atoms with Gasteiger partial charge < -0.3 is 18.9 Å². The Morgan fingerprint density at radius 1 is 0.635 bits per heavy atom. The molecule has 0 saturated carbocycles. The SMILES string of the molecule is CCCCCCCC=CCCCCCSCC(=O)OC[C@H](COP(=O)(O)OCC[N+](C)(C)C)OC(=O)CSCCCCCC=CCCCCCCC. The van der Waals surface area contributed by atoms with Crippen molar-refractivity contribution in [3.8, 4) is 0 Å². The molecule has 0 aliphatic rings. The lowest BCUT2D eigenvalue weighted by Crippen LogP contribution is -2.37. The number of hydrogen-bond acceptors (Lipinski definition) is 9. The summed E-state index contributed by atoms with van der Waals surface area (Å²) in [6, 6.07) is 0. The van der Waals surface area contributed by atoms with Crippen molar-refractivity contribution < 1.29 is 42.1 Å². The van der Waals surface area contributed by atoms with Gasteiger partial charge in [0.25, 0.3) is 0 Å². The van der Waals surface area contributed by atoms with Gasteiger partial charge in [-0.3, -0.25) is 18.6 Å². The maximum absolute atomic E-state index is 12.6. The highest BCUT2D eigenvalue weighted by molar-refractivity contribution is 8.00. The maximum Gasteiger partial charge on any atom is 0.472 e. The molecule has 0 amide bonds. The Labute approximate surface area is 327 Å². The Balaban J connectivity index is 4.41. The lowest BCUT2D eigenvalue weighted by atomic mass is 10.1. The number of phosphoric ester groups is 1. The topological polar surface area (TPSA) is 108 Å². The third-order valence-corrected chi connectivity index (χ3v) is 11.2. The van der Waals surface area contributed by atoms with Gasteiger partial charge in [-0.15, -0.1) is 0 Å². The zero-order valence-corrected chi connectivity index (χ0v) is 36.2. The third kappa shape index (κ3) is 38.9. The number of allylic oxidation sites excluding steroid dienone is 4. The summed E-state index contributed by atoms with van der Waals surface area (Å²) in [5.41, 5.74) is 0. The molecule has 0 bridgehead atoms. The predicted octanol–water partition coefficient (Wildman–Crippen LogP) is 10.7. The number of carbonyl (C=O) groups is 2. The maximum atomic E-state index is 12.6. The molecular formula is C40H77NO8PS2+. The average molecular weight is 795 g/mol. The number of carbonyl (C=O) groups excluding carboxylic acids is 2. The van der Waals surface area contributed by atoms with E-state index in [-0.39, 0.29) is 24.7 Å². The normalized spacial score (nSPS) is 13.9. The van der Waals surface area contributed by atoms with Crippen molar-refractivity contribution in [1.29, 1.82) is 0 Å². The lowest BCUT2D eigenvalue weighted by molar-refractivity contribution is -0.870. The van der Waals surface area contributed by atoms with Crippen LogP contribution in [0.3, 0.4) is 0 Å². The first-order valence-corrected chi connectivity index (χ1v) is 24.0. The Bertz CT molecular complexity index is 960. The van der Waals surface area contributed by atoms with Crippen molar-refractivity contribution in [2.45, 2.75) is 148 Å². The summed E-state index contributed by atoms with van der Waals surface area (Å²) in [5, 5.41) is 0. The molecule has 0 fully saturated rings. The lowest BCUT2D eigenvalue weighted by Gasteiger charge is -2.24. The number of likely N-dealkylation sites (N-methyl/N-ethyl adjacent to an activating group) is 1. The number of rotatable bonds is 38. The molecule has 0 aromatic heterocycles. The summed E-state index contributed by atoms with van der Waals surface area (Å²) >= 11 is 3.01. The molecule has 0 aromatic rings. The number of unbranched alkanes of at least 4 members (excludes halogenated alkanes) is 16. The van der Waals surface area contributed by atoms with Gasteiger partial charge in [-0.05, 0) is 75.7 Å². The molecule has 306 valence electrons. The summed E-state index contributed by atoms with van der Waals surface area (Å²) in [4.78, 5) is 35.2. The van der Waals surface area contributed by atoms with Gasteiger partial charge >= 0.3 is 19.8 Å². The molecule has 0 aliphatic heterocycles. The smallest absolute Gasteiger partial charge is 0.461 e. The van der Waals surface area contributed by atoms with E-state index in [2.05, 4.69) is 38.2 Å². The number of thioether (sulfide) groups is 2. The van der Waals surface area contributed by atoms with Gasteiger partial charge in [0.1, 0.15) is 19.8 Å². The van der Waals surface area contributed by atoms with Gasteiger partial charge in [0.2, 0.25) is 0 Å². The van der Waals surface area contributed by atoms with Crippen LogP contribution in [-0.2, 0) is 32.7 Å². The van der Waals surface area contributed by atoms with Crippen LogP contribution in [-0.4, -0.2) is 97.9 Å². The molecule has 1 unspecified atom stereocenters. The van der Waals surface area contributed by atoms with Crippen molar-refractivity contribution in [3.63, 3.8) is 0 Å². The van der Waals surface area contributed by atoms with Crippen LogP contribution in [0.1, 0.15) is 142 Å². The molecule has 0 aromatic carbocycles. The van der Waals surface area contributed by atoms with Crippen molar-refractivity contribution in [1.82, 2.24) is 0 Å². The van der Waals surface area contributed by atoms with Gasteiger partial charge in [0.05, 0.1) is 39.3 Å². The van der Waals surface area contributed by atoms with E-state index in [9.17, 15) is 19.0 Å². The van der Waals surface area contributed by atoms with Gasteiger partial charge in [0, 0.05) is 0 Å². The summed E-state index contributed by atoms with van der Waals surface area (Å²) in [6.45, 7) is 4.33. The van der Waals surface area contributed by atoms with Crippen LogP contribution in [0.2, 0.25) is 0 Å². The number of hydrogen-bond donors (Lipinski definition) is 1. The number of quaternary nitrogens is 1. The average Bonchev–Trinajstić information content (AvgIpc) is 3.09. The van der Waals surface area contributed by atoms with Crippen LogP contribution in [0.5, 0.6) is 0 Å². The first-order valence-electron chi connectivity index (χ1n) is 20.2. The van der Waals surface area contributed by atoms with E-state index in [0.29, 0.717) is 11.0 Å². The fourth-order valence-corrected chi connectivity index (χ4v) is 7.34. The standard InChI is InChI=1S/C40H76NO8PS2/c1-6-8-10-12-14-16-18-20-22-24-26-28-32-51-36-39(42)46-34-38(35-48-50(44,45)47-31-30-41(3,4)5)49-40(43)37-52-33-29-27-25-23-21-19-17-15-13-11-9-7-2/h18-21,38H,6-17,22-37H2,1-5H3/p+1/t38-/m1/s1. The summed E-state index contributed by atoms with van der Waals surface area (Å²) in [7, 11) is 1.45. The zero-order valence-electron chi connectivity index (χ0n) is 33.7. The quantitative estimate of drug-likeness (QED) is 0.0213. The van der Waals surface area contributed by atoms with Gasteiger partial charge in [-0.25, -0.2) is 4.57 Å². The van der Waals surface area contributed by atoms with Gasteiger partial charge in [0.15, 0.2) is 6.10 Å². The van der Waals surface area contributed by atoms with Crippen LogP contribution in [0.4, 0.5) is 0 Å². The van der Waals surface area contributed by atoms with E-state index in [1.807, 2.05) is 21.1 Å². The minimum Gasteiger partial charge on any atom is -0.461 e. The predicted molar refractivity (Wildman–Crippen MR) is 222 cm³/mol. The highest BCUT2D eigenvalue weighted by Gasteiger charge is 2.27. The van der Waals surface area contributed by atoms with Gasteiger partial charge in [-0.2, -0.15) is 23.5 Å². The Morgan fingerprint density at radius 2 is 1.08 bits per heavy atom. The number of phosphoric acid groups is 1. The van der Waals surface area contributed by atoms with E-state index in [1.54, 1.807) is 0 Å². The van der Waals surface area contributed by atoms with E-state index >= 15 is 0 Å². The van der Waals surface area contributed by atoms with Crippen LogP contribution in [0.25, 0.3) is 0 Å². The molecular weight excluding hydrogens is 718 g/mol. The highest BCUT2D eigenvalue weighted by atomic mass is 32.2. The van der Waals surface area contributed by atoms with Crippen molar-refractivity contribution in [2.24, 2.45) is 0 Å². The minimum absolute atomic E-state index is 0.0237. The third-order valence-electron chi connectivity index (χ3n) is 8.21. The molecule has 1 N–H and O–H groups in total. The monoisotopic (exact) mass is 794 g/mol. The Kier molecular flexibility index (Phi) is 35.3. The molecule has 0 aliphatic carbocycles. The van der Waals surface area contributed by atoms with Crippen molar-refractivity contribution in [2.75, 3.05) is 70.5 Å². The molecule has 52 heavy (non-hydrogen) atoms. The molecule has 2 atom stereocenters. The molecule has 0 radical (unpaired) electrons. The van der Waals surface area contributed by atoms with Crippen molar-refractivity contribution in [3.05, 3.63) is 24.3 Å². The molecule has 12 heteroatoms. The van der Waals surface area contributed by atoms with Gasteiger partial charge in [-0.1, -0.05) is 102 Å². The minimum atomic E-state index is -4.38. The van der Waals surface area contributed by atoms with E-state index < -0.39 is 32.5 Å². The molecule has 0 rings (SSSR count). The number of ether oxygens (including phenoxy) is 2. The first-order chi connectivity index (χ1) is 25.0. The Hall–Kier alpha value is -0.810. The largest absolute Gasteiger partial charge is 0.472 e. The molecule has 9 nitrogen and oxygen atoms in total. The molecule has 0 spiro atoms. The summed E-state index contributed by atoms with van der Waals surface area (Å²) < 4.78 is 34.1. The summed E-state index contributed by atoms with van der Waals surface area (Å²) in [6.07, 6.45) is 32.4. The van der Waals surface area contributed by atoms with Crippen molar-refractivity contribution >= 4 is 43.3 Å². The molecule has 0 saturated heterocycles. The zero-order chi connectivity index (χ0) is 38.6. The second-order valence-electron chi connectivity index (χ2n) is 14.6. The fourth-order valence-electron chi connectivity index (χ4n) is 5.01. The van der Waals surface area contributed by atoms with Crippen LogP contribution in [0.15, 0.2) is 24.3 Å².